The van der Waals surface area contributed by atoms with Crippen LogP contribution in [0.5, 0.6) is 0 Å². The predicted molar refractivity (Wildman–Crippen MR) is 65.7 cm³/mol. The van der Waals surface area contributed by atoms with Crippen LogP contribution in [0.25, 0.3) is 0 Å². The second-order valence-electron chi connectivity index (χ2n) is 4.56. The molecule has 1 aliphatic heterocycles. The van der Waals surface area contributed by atoms with Crippen LogP contribution in [-0.4, -0.2) is 41.9 Å². The largest absolute Gasteiger partial charge is 0.465 e. The van der Waals surface area contributed by atoms with Crippen molar-refractivity contribution in [3.63, 3.8) is 0 Å². The van der Waals surface area contributed by atoms with E-state index in [-0.39, 0.29) is 23.8 Å². The Hall–Kier alpha value is -0.900. The number of likely N-dealkylation sites (tertiary alicyclic amines) is 1. The molecule has 0 amide bonds. The summed E-state index contributed by atoms with van der Waals surface area (Å²) in [5, 5.41) is 0. The molecule has 0 saturated carbocycles. The smallest absolute Gasteiger partial charge is 0.323 e. The Morgan fingerprint density at radius 3 is 2.65 bits per heavy atom. The number of nitrogens with zero attached hydrogens (tertiary/aromatic N) is 1. The van der Waals surface area contributed by atoms with E-state index in [4.69, 9.17) is 4.74 Å². The minimum absolute atomic E-state index is 0.0871. The van der Waals surface area contributed by atoms with Crippen LogP contribution >= 0.6 is 0 Å². The molecule has 4 nitrogen and oxygen atoms in total. The number of hydrogen-bond donors (Lipinski definition) is 0. The zero-order valence-corrected chi connectivity index (χ0v) is 11.1. The Bertz CT molecular complexity index is 278. The van der Waals surface area contributed by atoms with Gasteiger partial charge in [-0.2, -0.15) is 0 Å². The summed E-state index contributed by atoms with van der Waals surface area (Å²) < 4.78 is 5.11. The summed E-state index contributed by atoms with van der Waals surface area (Å²) in [7, 11) is 0. The summed E-state index contributed by atoms with van der Waals surface area (Å²) in [6, 6.07) is -0.327. The fourth-order valence-corrected chi connectivity index (χ4v) is 2.53. The van der Waals surface area contributed by atoms with Crippen LogP contribution in [0.4, 0.5) is 0 Å². The van der Waals surface area contributed by atoms with Gasteiger partial charge >= 0.3 is 5.97 Å². The lowest BCUT2D eigenvalue weighted by molar-refractivity contribution is -0.150. The zero-order valence-electron chi connectivity index (χ0n) is 11.1. The molecule has 0 aromatic carbocycles. The number of esters is 1. The van der Waals surface area contributed by atoms with Crippen LogP contribution in [0.1, 0.15) is 46.5 Å². The van der Waals surface area contributed by atoms with E-state index in [0.29, 0.717) is 6.61 Å². The van der Waals surface area contributed by atoms with Crippen molar-refractivity contribution in [1.29, 1.82) is 0 Å². The topological polar surface area (TPSA) is 46.6 Å². The number of hydrogen-bond acceptors (Lipinski definition) is 4. The predicted octanol–water partition coefficient (Wildman–Crippen LogP) is 1.77. The minimum atomic E-state index is -0.239. The van der Waals surface area contributed by atoms with Crippen molar-refractivity contribution in [1.82, 2.24) is 4.90 Å². The average molecular weight is 241 g/mol. The maximum atomic E-state index is 11.9. The Morgan fingerprint density at radius 1 is 1.41 bits per heavy atom. The van der Waals surface area contributed by atoms with E-state index in [0.717, 1.165) is 32.2 Å². The first-order chi connectivity index (χ1) is 8.11. The number of Topliss-reactive ketones (excluding diaryl/α,β-unsaturated/α-hetero) is 1. The summed E-state index contributed by atoms with van der Waals surface area (Å²) in [5.41, 5.74) is 0. The molecule has 0 radical (unpaired) electrons. The number of carbonyl (C=O) groups is 2. The van der Waals surface area contributed by atoms with E-state index in [1.807, 2.05) is 18.7 Å². The molecule has 0 bridgehead atoms. The molecule has 1 unspecified atom stereocenters. The summed E-state index contributed by atoms with van der Waals surface area (Å²) in [4.78, 5) is 25.5. The average Bonchev–Trinajstić information content (AvgIpc) is 2.74. The Labute approximate surface area is 103 Å². The van der Waals surface area contributed by atoms with Crippen LogP contribution in [0.2, 0.25) is 0 Å². The zero-order chi connectivity index (χ0) is 12.8. The fourth-order valence-electron chi connectivity index (χ4n) is 2.53. The van der Waals surface area contributed by atoms with Gasteiger partial charge in [0.25, 0.3) is 0 Å². The third-order valence-corrected chi connectivity index (χ3v) is 3.28. The number of ether oxygens (including phenoxy) is 1. The summed E-state index contributed by atoms with van der Waals surface area (Å²) in [6.45, 7) is 6.70. The molecule has 1 rings (SSSR count). The van der Waals surface area contributed by atoms with E-state index in [9.17, 15) is 9.59 Å². The molecular formula is C13H23NO3. The molecular weight excluding hydrogens is 218 g/mol. The second-order valence-corrected chi connectivity index (χ2v) is 4.56. The lowest BCUT2D eigenvalue weighted by atomic mass is 10.1. The fraction of sp³-hybridized carbons (Fsp3) is 0.846. The monoisotopic (exact) mass is 241 g/mol. The molecule has 0 spiro atoms. The first-order valence-electron chi connectivity index (χ1n) is 6.54. The van der Waals surface area contributed by atoms with Gasteiger partial charge in [-0.3, -0.25) is 14.5 Å². The third kappa shape index (κ3) is 3.53. The van der Waals surface area contributed by atoms with E-state index >= 15 is 0 Å². The second kappa shape index (κ2) is 6.74. The first kappa shape index (κ1) is 14.2. The molecule has 1 heterocycles. The molecule has 1 fully saturated rings. The van der Waals surface area contributed by atoms with Crippen LogP contribution in [-0.2, 0) is 14.3 Å². The first-order valence-corrected chi connectivity index (χ1v) is 6.54. The van der Waals surface area contributed by atoms with Crippen LogP contribution in [0, 0.1) is 0 Å². The van der Waals surface area contributed by atoms with Crippen LogP contribution in [0.3, 0.4) is 0 Å². The van der Waals surface area contributed by atoms with Gasteiger partial charge in [0.05, 0.1) is 12.6 Å². The van der Waals surface area contributed by atoms with Crippen molar-refractivity contribution in [2.75, 3.05) is 13.2 Å². The van der Waals surface area contributed by atoms with Gasteiger partial charge < -0.3 is 4.74 Å². The SMILES string of the molecule is CCCC(C(=O)OCC)N1CCC[C@@H]1C(C)=O. The molecule has 0 N–H and O–H groups in total. The quantitative estimate of drug-likeness (QED) is 0.665. The van der Waals surface area contributed by atoms with Gasteiger partial charge in [-0.1, -0.05) is 13.3 Å². The molecule has 98 valence electrons. The number of rotatable bonds is 6. The van der Waals surface area contributed by atoms with E-state index < -0.39 is 0 Å². The summed E-state index contributed by atoms with van der Waals surface area (Å²) >= 11 is 0. The number of carbonyl (C=O) groups excluding carboxylic acids is 2. The molecule has 4 heteroatoms. The van der Waals surface area contributed by atoms with Crippen molar-refractivity contribution in [3.05, 3.63) is 0 Å². The van der Waals surface area contributed by atoms with E-state index in [2.05, 4.69) is 0 Å². The van der Waals surface area contributed by atoms with E-state index in [1.165, 1.54) is 0 Å². The third-order valence-electron chi connectivity index (χ3n) is 3.28. The highest BCUT2D eigenvalue weighted by Crippen LogP contribution is 2.23. The molecule has 0 aliphatic carbocycles. The Kier molecular flexibility index (Phi) is 5.62. The maximum Gasteiger partial charge on any atom is 0.323 e. The minimum Gasteiger partial charge on any atom is -0.465 e. The van der Waals surface area contributed by atoms with Gasteiger partial charge in [0.1, 0.15) is 11.8 Å². The van der Waals surface area contributed by atoms with Gasteiger partial charge in [0, 0.05) is 0 Å². The van der Waals surface area contributed by atoms with Crippen molar-refractivity contribution >= 4 is 11.8 Å². The summed E-state index contributed by atoms with van der Waals surface area (Å²) in [5.74, 6) is -0.0181. The van der Waals surface area contributed by atoms with Gasteiger partial charge in [0.2, 0.25) is 0 Å². The Morgan fingerprint density at radius 2 is 2.12 bits per heavy atom. The van der Waals surface area contributed by atoms with Crippen LogP contribution < -0.4 is 0 Å². The van der Waals surface area contributed by atoms with Gasteiger partial charge in [-0.25, -0.2) is 0 Å². The van der Waals surface area contributed by atoms with Crippen molar-refractivity contribution < 1.29 is 14.3 Å². The lowest BCUT2D eigenvalue weighted by Crippen LogP contribution is -2.47. The van der Waals surface area contributed by atoms with Gasteiger partial charge in [-0.05, 0) is 39.7 Å². The molecule has 2 atom stereocenters. The molecule has 0 aromatic heterocycles. The summed E-state index contributed by atoms with van der Waals surface area (Å²) in [6.07, 6.45) is 3.55. The maximum absolute atomic E-state index is 11.9. The molecule has 1 saturated heterocycles. The Balaban J connectivity index is 2.74. The van der Waals surface area contributed by atoms with Crippen molar-refractivity contribution in [2.24, 2.45) is 0 Å². The number of ketones is 1. The highest BCUT2D eigenvalue weighted by molar-refractivity contribution is 5.83. The van der Waals surface area contributed by atoms with E-state index in [1.54, 1.807) is 6.92 Å². The van der Waals surface area contributed by atoms with Crippen molar-refractivity contribution in [2.45, 2.75) is 58.5 Å². The van der Waals surface area contributed by atoms with Gasteiger partial charge in [-0.15, -0.1) is 0 Å². The normalized spacial score (nSPS) is 22.4. The van der Waals surface area contributed by atoms with Gasteiger partial charge in [0.15, 0.2) is 0 Å². The lowest BCUT2D eigenvalue weighted by Gasteiger charge is -2.29. The molecule has 0 aromatic rings. The molecule has 1 aliphatic rings. The highest BCUT2D eigenvalue weighted by Gasteiger charge is 2.37. The standard InChI is InChI=1S/C13H23NO3/c1-4-7-12(13(16)17-5-2)14-9-6-8-11(14)10(3)15/h11-12H,4-9H2,1-3H3/t11-,12?/m1/s1. The molecule has 17 heavy (non-hydrogen) atoms. The van der Waals surface area contributed by atoms with Crippen LogP contribution in [0.15, 0.2) is 0 Å². The van der Waals surface area contributed by atoms with Crippen molar-refractivity contribution in [3.8, 4) is 0 Å². The highest BCUT2D eigenvalue weighted by atomic mass is 16.5.